The van der Waals surface area contributed by atoms with Gasteiger partial charge < -0.3 is 15.0 Å². The van der Waals surface area contributed by atoms with Gasteiger partial charge in [0.1, 0.15) is 0 Å². The van der Waals surface area contributed by atoms with Crippen LogP contribution < -0.4 is 5.32 Å². The maximum atomic E-state index is 11.9. The second-order valence-electron chi connectivity index (χ2n) is 4.76. The Labute approximate surface area is 102 Å². The largest absolute Gasteiger partial charge is 0.469 e. The molecule has 17 heavy (non-hydrogen) atoms. The Balaban J connectivity index is 2.32. The van der Waals surface area contributed by atoms with Gasteiger partial charge in [-0.2, -0.15) is 0 Å². The molecule has 1 fully saturated rings. The minimum absolute atomic E-state index is 0.106. The lowest BCUT2D eigenvalue weighted by Gasteiger charge is -2.21. The number of methoxy groups -OCH3 is 1. The molecular weight excluding hydrogens is 220 g/mol. The van der Waals surface area contributed by atoms with E-state index in [9.17, 15) is 9.59 Å². The van der Waals surface area contributed by atoms with Gasteiger partial charge in [-0.1, -0.05) is 6.92 Å². The molecule has 98 valence electrons. The van der Waals surface area contributed by atoms with E-state index < -0.39 is 0 Å². The van der Waals surface area contributed by atoms with Crippen LogP contribution in [0.3, 0.4) is 0 Å². The number of rotatable bonds is 5. The zero-order valence-electron chi connectivity index (χ0n) is 10.9. The van der Waals surface area contributed by atoms with Gasteiger partial charge in [0.2, 0.25) is 5.91 Å². The first-order chi connectivity index (χ1) is 8.04. The van der Waals surface area contributed by atoms with Crippen molar-refractivity contribution >= 4 is 11.9 Å². The predicted molar refractivity (Wildman–Crippen MR) is 64.4 cm³/mol. The highest BCUT2D eigenvalue weighted by Gasteiger charge is 2.22. The van der Waals surface area contributed by atoms with E-state index in [1.54, 1.807) is 18.9 Å². The van der Waals surface area contributed by atoms with Crippen molar-refractivity contribution < 1.29 is 14.3 Å². The van der Waals surface area contributed by atoms with Crippen LogP contribution in [-0.4, -0.2) is 50.6 Å². The van der Waals surface area contributed by atoms with E-state index >= 15 is 0 Å². The van der Waals surface area contributed by atoms with Crippen LogP contribution in [0.2, 0.25) is 0 Å². The summed E-state index contributed by atoms with van der Waals surface area (Å²) in [7, 11) is 3.11. The van der Waals surface area contributed by atoms with Gasteiger partial charge in [0.05, 0.1) is 13.0 Å². The zero-order chi connectivity index (χ0) is 12.8. The summed E-state index contributed by atoms with van der Waals surface area (Å²) in [5.41, 5.74) is 0. The Morgan fingerprint density at radius 1 is 1.53 bits per heavy atom. The number of nitrogens with zero attached hydrogens (tertiary/aromatic N) is 1. The molecule has 2 unspecified atom stereocenters. The number of ether oxygens (including phenoxy) is 1. The highest BCUT2D eigenvalue weighted by atomic mass is 16.5. The molecule has 0 bridgehead atoms. The number of carbonyl (C=O) groups is 2. The Morgan fingerprint density at radius 3 is 2.76 bits per heavy atom. The van der Waals surface area contributed by atoms with E-state index in [0.29, 0.717) is 18.9 Å². The van der Waals surface area contributed by atoms with E-state index in [-0.39, 0.29) is 17.8 Å². The number of hydrogen-bond acceptors (Lipinski definition) is 4. The first-order valence-corrected chi connectivity index (χ1v) is 6.07. The van der Waals surface area contributed by atoms with E-state index in [4.69, 9.17) is 0 Å². The summed E-state index contributed by atoms with van der Waals surface area (Å²) in [5, 5.41) is 3.24. The number of carbonyl (C=O) groups excluding carboxylic acids is 2. The monoisotopic (exact) mass is 242 g/mol. The summed E-state index contributed by atoms with van der Waals surface area (Å²) >= 11 is 0. The van der Waals surface area contributed by atoms with Gasteiger partial charge in [-0.25, -0.2) is 0 Å². The third-order valence-corrected chi connectivity index (χ3v) is 3.20. The van der Waals surface area contributed by atoms with E-state index in [2.05, 4.69) is 10.1 Å². The number of nitrogens with one attached hydrogen (secondary N) is 1. The Hall–Kier alpha value is -1.10. The van der Waals surface area contributed by atoms with Crippen LogP contribution in [0.25, 0.3) is 0 Å². The normalized spacial score (nSPS) is 21.0. The van der Waals surface area contributed by atoms with Gasteiger partial charge in [0.25, 0.3) is 0 Å². The van der Waals surface area contributed by atoms with Crippen LogP contribution in [0, 0.1) is 11.8 Å². The van der Waals surface area contributed by atoms with Crippen LogP contribution in [0.4, 0.5) is 0 Å². The van der Waals surface area contributed by atoms with Crippen molar-refractivity contribution in [2.45, 2.75) is 19.8 Å². The molecule has 2 atom stereocenters. The summed E-state index contributed by atoms with van der Waals surface area (Å²) in [5.74, 6) is 0.00988. The van der Waals surface area contributed by atoms with Crippen molar-refractivity contribution in [3.63, 3.8) is 0 Å². The fourth-order valence-electron chi connectivity index (χ4n) is 2.08. The lowest BCUT2D eigenvalue weighted by Crippen LogP contribution is -2.35. The minimum atomic E-state index is -0.271. The third kappa shape index (κ3) is 4.34. The summed E-state index contributed by atoms with van der Waals surface area (Å²) in [4.78, 5) is 24.8. The lowest BCUT2D eigenvalue weighted by atomic mass is 10.0. The Kier molecular flexibility index (Phi) is 5.41. The van der Waals surface area contributed by atoms with Crippen molar-refractivity contribution in [2.75, 3.05) is 33.8 Å². The molecule has 0 aliphatic carbocycles. The van der Waals surface area contributed by atoms with Crippen LogP contribution in [-0.2, 0) is 14.3 Å². The molecule has 5 nitrogen and oxygen atoms in total. The molecule has 1 heterocycles. The SMILES string of the molecule is COC(=O)C(C)CN(C)C(=O)CC1CCNC1. The maximum Gasteiger partial charge on any atom is 0.310 e. The van der Waals surface area contributed by atoms with Crippen molar-refractivity contribution in [1.29, 1.82) is 0 Å². The topological polar surface area (TPSA) is 58.6 Å². The molecule has 1 aliphatic heterocycles. The highest BCUT2D eigenvalue weighted by Crippen LogP contribution is 2.14. The van der Waals surface area contributed by atoms with Gasteiger partial charge in [-0.15, -0.1) is 0 Å². The highest BCUT2D eigenvalue weighted by molar-refractivity contribution is 5.78. The van der Waals surface area contributed by atoms with Crippen LogP contribution in [0.15, 0.2) is 0 Å². The van der Waals surface area contributed by atoms with Crippen LogP contribution in [0.1, 0.15) is 19.8 Å². The van der Waals surface area contributed by atoms with Gasteiger partial charge in [-0.3, -0.25) is 9.59 Å². The molecule has 0 spiro atoms. The van der Waals surface area contributed by atoms with Gasteiger partial charge in [-0.05, 0) is 25.4 Å². The van der Waals surface area contributed by atoms with Gasteiger partial charge in [0, 0.05) is 20.0 Å². The smallest absolute Gasteiger partial charge is 0.310 e. The second kappa shape index (κ2) is 6.59. The number of amides is 1. The Morgan fingerprint density at radius 2 is 2.24 bits per heavy atom. The molecule has 0 saturated carbocycles. The summed E-state index contributed by atoms with van der Waals surface area (Å²) in [6.07, 6.45) is 1.63. The molecular formula is C12H22N2O3. The Bertz CT molecular complexity index is 275. The second-order valence-corrected chi connectivity index (χ2v) is 4.76. The van der Waals surface area contributed by atoms with E-state index in [1.807, 2.05) is 0 Å². The fraction of sp³-hybridized carbons (Fsp3) is 0.833. The number of hydrogen-bond donors (Lipinski definition) is 1. The van der Waals surface area contributed by atoms with E-state index in [0.717, 1.165) is 19.5 Å². The first kappa shape index (κ1) is 14.0. The van der Waals surface area contributed by atoms with Crippen molar-refractivity contribution in [3.05, 3.63) is 0 Å². The summed E-state index contributed by atoms with van der Waals surface area (Å²) in [6, 6.07) is 0. The van der Waals surface area contributed by atoms with Crippen molar-refractivity contribution in [1.82, 2.24) is 10.2 Å². The molecule has 5 heteroatoms. The standard InChI is InChI=1S/C12H22N2O3/c1-9(12(16)17-3)8-14(2)11(15)6-10-4-5-13-7-10/h9-10,13H,4-8H2,1-3H3. The molecule has 0 aromatic carbocycles. The first-order valence-electron chi connectivity index (χ1n) is 6.07. The number of esters is 1. The lowest BCUT2D eigenvalue weighted by molar-refractivity contribution is -0.146. The predicted octanol–water partition coefficient (Wildman–Crippen LogP) is 0.254. The molecule has 1 saturated heterocycles. The van der Waals surface area contributed by atoms with E-state index in [1.165, 1.54) is 7.11 Å². The average Bonchev–Trinajstić information content (AvgIpc) is 2.80. The maximum absolute atomic E-state index is 11.9. The summed E-state index contributed by atoms with van der Waals surface area (Å²) < 4.78 is 4.64. The quantitative estimate of drug-likeness (QED) is 0.702. The van der Waals surface area contributed by atoms with Gasteiger partial charge in [0.15, 0.2) is 0 Å². The molecule has 1 amide bonds. The minimum Gasteiger partial charge on any atom is -0.469 e. The molecule has 1 rings (SSSR count). The fourth-order valence-corrected chi connectivity index (χ4v) is 2.08. The molecule has 0 radical (unpaired) electrons. The van der Waals surface area contributed by atoms with Gasteiger partial charge >= 0.3 is 5.97 Å². The van der Waals surface area contributed by atoms with Crippen LogP contribution in [0.5, 0.6) is 0 Å². The van der Waals surface area contributed by atoms with Crippen LogP contribution >= 0.6 is 0 Å². The average molecular weight is 242 g/mol. The molecule has 1 N–H and O–H groups in total. The molecule has 0 aromatic heterocycles. The molecule has 0 aromatic rings. The zero-order valence-corrected chi connectivity index (χ0v) is 10.9. The molecule has 1 aliphatic rings. The van der Waals surface area contributed by atoms with Crippen molar-refractivity contribution in [3.8, 4) is 0 Å². The third-order valence-electron chi connectivity index (χ3n) is 3.20. The summed E-state index contributed by atoms with van der Waals surface area (Å²) in [6.45, 7) is 4.12. The van der Waals surface area contributed by atoms with Crippen molar-refractivity contribution in [2.24, 2.45) is 11.8 Å².